The SMILES string of the molecule is O=S=N[C@@H](CSCC(=O)O)C(=O)O. The number of hydrogen-bond acceptors (Lipinski definition) is 5. The van der Waals surface area contributed by atoms with E-state index in [4.69, 9.17) is 10.2 Å². The van der Waals surface area contributed by atoms with Gasteiger partial charge in [0, 0.05) is 5.75 Å². The molecule has 13 heavy (non-hydrogen) atoms. The van der Waals surface area contributed by atoms with Gasteiger partial charge in [0.05, 0.1) is 5.75 Å². The molecule has 0 aromatic carbocycles. The summed E-state index contributed by atoms with van der Waals surface area (Å²) in [6, 6.07) is -1.13. The van der Waals surface area contributed by atoms with Crippen molar-refractivity contribution in [3.8, 4) is 0 Å². The van der Waals surface area contributed by atoms with Crippen molar-refractivity contribution in [3.05, 3.63) is 0 Å². The highest BCUT2D eigenvalue weighted by molar-refractivity contribution is 8.00. The van der Waals surface area contributed by atoms with Gasteiger partial charge in [-0.2, -0.15) is 8.57 Å². The predicted molar refractivity (Wildman–Crippen MR) is 47.0 cm³/mol. The quantitative estimate of drug-likeness (QED) is 0.640. The third-order valence-corrected chi connectivity index (χ3v) is 2.30. The van der Waals surface area contributed by atoms with Crippen LogP contribution in [0.25, 0.3) is 0 Å². The second kappa shape index (κ2) is 6.61. The van der Waals surface area contributed by atoms with Gasteiger partial charge in [-0.05, 0) is 0 Å². The van der Waals surface area contributed by atoms with Gasteiger partial charge in [0.25, 0.3) is 0 Å². The van der Waals surface area contributed by atoms with Crippen LogP contribution in [0, 0.1) is 0 Å². The Balaban J connectivity index is 3.90. The molecule has 0 saturated carbocycles. The number of nitrogens with zero attached hydrogens (tertiary/aromatic N) is 1. The fourth-order valence-corrected chi connectivity index (χ4v) is 1.55. The molecule has 2 N–H and O–H groups in total. The molecule has 0 aliphatic heterocycles. The van der Waals surface area contributed by atoms with E-state index in [9.17, 15) is 13.8 Å². The van der Waals surface area contributed by atoms with Crippen molar-refractivity contribution in [2.75, 3.05) is 11.5 Å². The normalized spacial score (nSPS) is 11.7. The van der Waals surface area contributed by atoms with Crippen LogP contribution in [0.4, 0.5) is 0 Å². The van der Waals surface area contributed by atoms with Gasteiger partial charge >= 0.3 is 11.9 Å². The second-order valence-corrected chi connectivity index (χ2v) is 3.33. The fraction of sp³-hybridized carbons (Fsp3) is 0.600. The van der Waals surface area contributed by atoms with E-state index < -0.39 is 18.0 Å². The molecule has 74 valence electrons. The highest BCUT2D eigenvalue weighted by atomic mass is 32.2. The molecule has 0 aliphatic carbocycles. The summed E-state index contributed by atoms with van der Waals surface area (Å²) in [5.74, 6) is -2.44. The molecule has 1 atom stereocenters. The summed E-state index contributed by atoms with van der Waals surface area (Å²) >= 11 is 0.742. The number of carboxylic acid groups (broad SMARTS) is 2. The Morgan fingerprint density at radius 1 is 1.38 bits per heavy atom. The summed E-state index contributed by atoms with van der Waals surface area (Å²) in [5, 5.41) is 16.7. The van der Waals surface area contributed by atoms with Crippen molar-refractivity contribution in [1.82, 2.24) is 0 Å². The van der Waals surface area contributed by atoms with Gasteiger partial charge in [-0.15, -0.1) is 11.8 Å². The maximum Gasteiger partial charge on any atom is 0.330 e. The van der Waals surface area contributed by atoms with Crippen molar-refractivity contribution < 1.29 is 24.0 Å². The predicted octanol–water partition coefficient (Wildman–Crippen LogP) is -0.346. The first-order valence-electron chi connectivity index (χ1n) is 3.09. The first-order chi connectivity index (χ1) is 6.07. The summed E-state index contributed by atoms with van der Waals surface area (Å²) in [6.45, 7) is 0. The van der Waals surface area contributed by atoms with E-state index in [0.717, 1.165) is 11.8 Å². The van der Waals surface area contributed by atoms with Gasteiger partial charge in [0.1, 0.15) is 0 Å². The van der Waals surface area contributed by atoms with Crippen LogP contribution in [0.3, 0.4) is 0 Å². The Hall–Kier alpha value is -0.890. The first-order valence-corrected chi connectivity index (χ1v) is 4.94. The Labute approximate surface area is 81.6 Å². The minimum Gasteiger partial charge on any atom is -0.481 e. The zero-order valence-electron chi connectivity index (χ0n) is 6.37. The number of rotatable bonds is 6. The number of aliphatic carboxylic acids is 2. The Morgan fingerprint density at radius 3 is 2.38 bits per heavy atom. The van der Waals surface area contributed by atoms with Crippen LogP contribution in [0.5, 0.6) is 0 Å². The smallest absolute Gasteiger partial charge is 0.330 e. The van der Waals surface area contributed by atoms with Gasteiger partial charge in [-0.1, -0.05) is 0 Å². The van der Waals surface area contributed by atoms with Crippen LogP contribution in [-0.2, 0) is 21.1 Å². The van der Waals surface area contributed by atoms with E-state index in [2.05, 4.69) is 4.36 Å². The molecule has 0 aromatic rings. The number of carboxylic acids is 2. The van der Waals surface area contributed by atoms with E-state index in [1.54, 1.807) is 0 Å². The second-order valence-electron chi connectivity index (χ2n) is 1.94. The molecule has 0 spiro atoms. The van der Waals surface area contributed by atoms with Crippen molar-refractivity contribution in [1.29, 1.82) is 0 Å². The Bertz CT molecular complexity index is 247. The number of hydrogen-bond donors (Lipinski definition) is 2. The zero-order valence-corrected chi connectivity index (χ0v) is 8.01. The monoisotopic (exact) mass is 225 g/mol. The Kier molecular flexibility index (Phi) is 6.15. The summed E-state index contributed by atoms with van der Waals surface area (Å²) in [5.41, 5.74) is 0. The van der Waals surface area contributed by atoms with Crippen molar-refractivity contribution in [3.63, 3.8) is 0 Å². The average molecular weight is 225 g/mol. The van der Waals surface area contributed by atoms with Crippen molar-refractivity contribution in [2.24, 2.45) is 4.36 Å². The minimum absolute atomic E-state index is 0.00310. The fourth-order valence-electron chi connectivity index (χ4n) is 0.457. The van der Waals surface area contributed by atoms with E-state index in [1.165, 1.54) is 0 Å². The molecule has 8 heteroatoms. The molecule has 6 nitrogen and oxygen atoms in total. The van der Waals surface area contributed by atoms with Gasteiger partial charge in [-0.25, -0.2) is 4.79 Å². The lowest BCUT2D eigenvalue weighted by atomic mass is 10.4. The van der Waals surface area contributed by atoms with Gasteiger partial charge in [0.15, 0.2) is 17.5 Å². The van der Waals surface area contributed by atoms with Crippen LogP contribution in [0.1, 0.15) is 0 Å². The van der Waals surface area contributed by atoms with Crippen molar-refractivity contribution in [2.45, 2.75) is 6.04 Å². The Morgan fingerprint density at radius 2 is 2.00 bits per heavy atom. The maximum atomic E-state index is 10.4. The van der Waals surface area contributed by atoms with Gasteiger partial charge in [-0.3, -0.25) is 4.79 Å². The number of carbonyl (C=O) groups is 2. The highest BCUT2D eigenvalue weighted by Gasteiger charge is 2.16. The van der Waals surface area contributed by atoms with Gasteiger partial charge in [0.2, 0.25) is 0 Å². The average Bonchev–Trinajstić information content (AvgIpc) is 2.02. The molecular formula is C5H7NO5S2. The molecule has 0 radical (unpaired) electrons. The molecule has 0 fully saturated rings. The largest absolute Gasteiger partial charge is 0.481 e. The molecule has 0 aromatic heterocycles. The van der Waals surface area contributed by atoms with Crippen LogP contribution in [0.2, 0.25) is 0 Å². The summed E-state index contributed by atoms with van der Waals surface area (Å²) in [6.07, 6.45) is 0. The lowest BCUT2D eigenvalue weighted by Crippen LogP contribution is -2.20. The van der Waals surface area contributed by atoms with Crippen LogP contribution in [-0.4, -0.2) is 43.9 Å². The molecule has 0 aliphatic rings. The molecular weight excluding hydrogens is 218 g/mol. The maximum absolute atomic E-state index is 10.4. The third-order valence-electron chi connectivity index (χ3n) is 0.957. The van der Waals surface area contributed by atoms with Crippen LogP contribution < -0.4 is 0 Å². The standard InChI is InChI=1S/C5H7NO5S2/c7-4(8)2-12-1-3(5(9)10)6-13-11/h3H,1-2H2,(H,7,8)(H,9,10)/t3-/m0/s1. The lowest BCUT2D eigenvalue weighted by molar-refractivity contribution is -0.138. The van der Waals surface area contributed by atoms with E-state index in [-0.39, 0.29) is 23.0 Å². The molecule has 0 bridgehead atoms. The minimum atomic E-state index is -1.22. The van der Waals surface area contributed by atoms with Gasteiger partial charge < -0.3 is 10.2 Å². The highest BCUT2D eigenvalue weighted by Crippen LogP contribution is 2.05. The molecule has 0 rings (SSSR count). The molecule has 0 saturated heterocycles. The molecule has 0 amide bonds. The summed E-state index contributed by atoms with van der Waals surface area (Å²) < 4.78 is 13.1. The molecule has 0 unspecified atom stereocenters. The van der Waals surface area contributed by atoms with Crippen molar-refractivity contribution >= 4 is 35.2 Å². The zero-order chi connectivity index (χ0) is 10.3. The van der Waals surface area contributed by atoms with E-state index in [1.807, 2.05) is 0 Å². The van der Waals surface area contributed by atoms with Crippen LogP contribution in [0.15, 0.2) is 4.36 Å². The summed E-state index contributed by atoms with van der Waals surface area (Å²) in [7, 11) is 0. The lowest BCUT2D eigenvalue weighted by Gasteiger charge is -2.02. The summed E-state index contributed by atoms with van der Waals surface area (Å²) in [4.78, 5) is 20.4. The topological polar surface area (TPSA) is 104 Å². The first kappa shape index (κ1) is 12.1. The number of thioether (sulfide) groups is 1. The van der Waals surface area contributed by atoms with E-state index >= 15 is 0 Å². The van der Waals surface area contributed by atoms with Crippen LogP contribution >= 0.6 is 11.8 Å². The third kappa shape index (κ3) is 6.29. The molecule has 0 heterocycles. The van der Waals surface area contributed by atoms with E-state index in [0.29, 0.717) is 0 Å².